The van der Waals surface area contributed by atoms with Gasteiger partial charge in [0.2, 0.25) is 11.7 Å². The van der Waals surface area contributed by atoms with Crippen molar-refractivity contribution >= 4 is 34.5 Å². The maximum atomic E-state index is 12.4. The Hall–Kier alpha value is -4.25. The maximum absolute atomic E-state index is 12.4. The lowest BCUT2D eigenvalue weighted by Gasteiger charge is -2.18. The predicted octanol–water partition coefficient (Wildman–Crippen LogP) is 3.06. The summed E-state index contributed by atoms with van der Waals surface area (Å²) < 4.78 is 11.0. The van der Waals surface area contributed by atoms with Gasteiger partial charge < -0.3 is 20.1 Å². The van der Waals surface area contributed by atoms with Crippen molar-refractivity contribution < 1.29 is 19.1 Å². The first-order valence-electron chi connectivity index (χ1n) is 10.1. The molecule has 0 atom stereocenters. The van der Waals surface area contributed by atoms with Crippen molar-refractivity contribution in [2.75, 3.05) is 23.8 Å². The Balaban J connectivity index is 1.19. The van der Waals surface area contributed by atoms with Crippen LogP contribution >= 0.6 is 11.3 Å². The molecule has 0 unspecified atom stereocenters. The van der Waals surface area contributed by atoms with Gasteiger partial charge in [0.1, 0.15) is 19.8 Å². The summed E-state index contributed by atoms with van der Waals surface area (Å²) in [6.45, 7) is 0.875. The van der Waals surface area contributed by atoms with Gasteiger partial charge in [-0.1, -0.05) is 6.07 Å². The largest absolute Gasteiger partial charge is 0.486 e. The minimum Gasteiger partial charge on any atom is -0.486 e. The average molecular weight is 462 g/mol. The van der Waals surface area contributed by atoms with E-state index in [2.05, 4.69) is 26.0 Å². The minimum atomic E-state index is -0.303. The molecule has 0 fully saturated rings. The molecule has 2 N–H and O–H groups in total. The van der Waals surface area contributed by atoms with Crippen molar-refractivity contribution in [3.63, 3.8) is 0 Å². The van der Waals surface area contributed by atoms with E-state index in [-0.39, 0.29) is 18.4 Å². The average Bonchev–Trinajstić information content (AvgIpc) is 3.52. The second-order valence-electron chi connectivity index (χ2n) is 7.06. The second kappa shape index (κ2) is 9.09. The summed E-state index contributed by atoms with van der Waals surface area (Å²) in [6.07, 6.45) is 0. The zero-order valence-corrected chi connectivity index (χ0v) is 18.0. The molecule has 2 amide bonds. The molecule has 10 nitrogen and oxygen atoms in total. The van der Waals surface area contributed by atoms with E-state index in [1.165, 1.54) is 16.1 Å². The Kier molecular flexibility index (Phi) is 5.68. The molecule has 1 aliphatic rings. The standard InChI is InChI=1S/C22H18N6O4S/c29-20(23-16-7-8-17-18(12-16)32-10-9-31-17)13-28-26-21(25-27-28)14-3-5-15(6-4-14)24-22(30)19-2-1-11-33-19/h1-8,11-12H,9-10,13H2,(H,23,29)(H,24,30). The number of anilines is 2. The van der Waals surface area contributed by atoms with Gasteiger partial charge in [0.05, 0.1) is 4.88 Å². The number of rotatable bonds is 6. The summed E-state index contributed by atoms with van der Waals surface area (Å²) in [5, 5.41) is 19.7. The van der Waals surface area contributed by atoms with E-state index in [0.29, 0.717) is 52.4 Å². The fourth-order valence-electron chi connectivity index (χ4n) is 3.18. The highest BCUT2D eigenvalue weighted by Crippen LogP contribution is 2.32. The molecule has 2 aromatic carbocycles. The molecule has 0 saturated carbocycles. The number of amides is 2. The van der Waals surface area contributed by atoms with E-state index in [9.17, 15) is 9.59 Å². The van der Waals surface area contributed by atoms with E-state index in [1.807, 2.05) is 11.4 Å². The molecular weight excluding hydrogens is 444 g/mol. The van der Waals surface area contributed by atoms with E-state index in [4.69, 9.17) is 9.47 Å². The number of nitrogens with one attached hydrogen (secondary N) is 2. The molecule has 166 valence electrons. The van der Waals surface area contributed by atoms with Crippen LogP contribution in [0.1, 0.15) is 9.67 Å². The van der Waals surface area contributed by atoms with Crippen LogP contribution in [-0.4, -0.2) is 45.2 Å². The number of carbonyl (C=O) groups is 2. The third kappa shape index (κ3) is 4.83. The molecule has 0 saturated heterocycles. The number of nitrogens with zero attached hydrogens (tertiary/aromatic N) is 4. The molecule has 33 heavy (non-hydrogen) atoms. The van der Waals surface area contributed by atoms with E-state index >= 15 is 0 Å². The number of thiophene rings is 1. The minimum absolute atomic E-state index is 0.101. The number of fused-ring (bicyclic) bond motifs is 1. The topological polar surface area (TPSA) is 120 Å². The third-order valence-corrected chi connectivity index (χ3v) is 5.58. The molecule has 2 aromatic heterocycles. The Morgan fingerprint density at radius 1 is 0.970 bits per heavy atom. The highest BCUT2D eigenvalue weighted by molar-refractivity contribution is 7.12. The van der Waals surface area contributed by atoms with Gasteiger partial charge in [0.25, 0.3) is 5.91 Å². The van der Waals surface area contributed by atoms with Crippen molar-refractivity contribution in [3.05, 3.63) is 64.9 Å². The maximum Gasteiger partial charge on any atom is 0.265 e. The van der Waals surface area contributed by atoms with Crippen molar-refractivity contribution in [3.8, 4) is 22.9 Å². The lowest BCUT2D eigenvalue weighted by molar-refractivity contribution is -0.117. The van der Waals surface area contributed by atoms with Gasteiger partial charge in [-0.05, 0) is 53.1 Å². The summed E-state index contributed by atoms with van der Waals surface area (Å²) in [7, 11) is 0. The first-order valence-corrected chi connectivity index (χ1v) is 10.9. The van der Waals surface area contributed by atoms with Crippen LogP contribution in [-0.2, 0) is 11.3 Å². The zero-order valence-electron chi connectivity index (χ0n) is 17.2. The summed E-state index contributed by atoms with van der Waals surface area (Å²) in [5.41, 5.74) is 1.95. The summed E-state index contributed by atoms with van der Waals surface area (Å²) in [4.78, 5) is 26.4. The zero-order chi connectivity index (χ0) is 22.6. The molecule has 11 heteroatoms. The number of hydrogen-bond donors (Lipinski definition) is 2. The number of carbonyl (C=O) groups excluding carboxylic acids is 2. The molecule has 4 aromatic rings. The highest BCUT2D eigenvalue weighted by atomic mass is 32.1. The molecule has 0 aliphatic carbocycles. The normalized spacial score (nSPS) is 12.2. The van der Waals surface area contributed by atoms with Crippen LogP contribution in [0.2, 0.25) is 0 Å². The Morgan fingerprint density at radius 2 is 1.76 bits per heavy atom. The third-order valence-electron chi connectivity index (χ3n) is 4.71. The van der Waals surface area contributed by atoms with Crippen LogP contribution in [0.4, 0.5) is 11.4 Å². The SMILES string of the molecule is O=C(Cn1nnc(-c2ccc(NC(=O)c3cccs3)cc2)n1)Nc1ccc2c(c1)OCCO2. The van der Waals surface area contributed by atoms with Crippen molar-refractivity contribution in [2.24, 2.45) is 0 Å². The van der Waals surface area contributed by atoms with E-state index < -0.39 is 0 Å². The van der Waals surface area contributed by atoms with Gasteiger partial charge in [-0.2, -0.15) is 4.80 Å². The van der Waals surface area contributed by atoms with Crippen LogP contribution in [0, 0.1) is 0 Å². The first kappa shape index (κ1) is 20.6. The van der Waals surface area contributed by atoms with Crippen molar-refractivity contribution in [2.45, 2.75) is 6.54 Å². The van der Waals surface area contributed by atoms with Crippen LogP contribution < -0.4 is 20.1 Å². The van der Waals surface area contributed by atoms with E-state index in [1.54, 1.807) is 48.5 Å². The quantitative estimate of drug-likeness (QED) is 0.452. The van der Waals surface area contributed by atoms with Gasteiger partial charge in [0, 0.05) is 23.0 Å². The fraction of sp³-hybridized carbons (Fsp3) is 0.136. The van der Waals surface area contributed by atoms with Gasteiger partial charge in [0.15, 0.2) is 11.5 Å². The Morgan fingerprint density at radius 3 is 2.55 bits per heavy atom. The lowest BCUT2D eigenvalue weighted by atomic mass is 10.2. The molecule has 0 bridgehead atoms. The number of hydrogen-bond acceptors (Lipinski definition) is 8. The summed E-state index contributed by atoms with van der Waals surface area (Å²) in [5.74, 6) is 1.15. The second-order valence-corrected chi connectivity index (χ2v) is 8.01. The number of tetrazole rings is 1. The van der Waals surface area contributed by atoms with Crippen LogP contribution in [0.15, 0.2) is 60.0 Å². The smallest absolute Gasteiger partial charge is 0.265 e. The first-order chi connectivity index (χ1) is 16.1. The van der Waals surface area contributed by atoms with Crippen molar-refractivity contribution in [1.82, 2.24) is 20.2 Å². The van der Waals surface area contributed by atoms with Crippen molar-refractivity contribution in [1.29, 1.82) is 0 Å². The molecular formula is C22H18N6O4S. The Labute approximate surface area is 192 Å². The Bertz CT molecular complexity index is 1290. The highest BCUT2D eigenvalue weighted by Gasteiger charge is 2.14. The van der Waals surface area contributed by atoms with Gasteiger partial charge in [-0.3, -0.25) is 9.59 Å². The predicted molar refractivity (Wildman–Crippen MR) is 122 cm³/mol. The number of benzene rings is 2. The number of aromatic nitrogens is 4. The molecule has 5 rings (SSSR count). The monoisotopic (exact) mass is 462 g/mol. The van der Waals surface area contributed by atoms with Crippen LogP contribution in [0.5, 0.6) is 11.5 Å². The van der Waals surface area contributed by atoms with Crippen LogP contribution in [0.25, 0.3) is 11.4 Å². The number of ether oxygens (including phenoxy) is 2. The van der Waals surface area contributed by atoms with Gasteiger partial charge >= 0.3 is 0 Å². The lowest BCUT2D eigenvalue weighted by Crippen LogP contribution is -2.21. The fourth-order valence-corrected chi connectivity index (χ4v) is 3.80. The molecule has 1 aliphatic heterocycles. The molecule has 0 spiro atoms. The van der Waals surface area contributed by atoms with Gasteiger partial charge in [-0.25, -0.2) is 0 Å². The molecule has 0 radical (unpaired) electrons. The summed E-state index contributed by atoms with van der Waals surface area (Å²) in [6, 6.07) is 15.9. The van der Waals surface area contributed by atoms with E-state index in [0.717, 1.165) is 0 Å². The van der Waals surface area contributed by atoms with Crippen LogP contribution in [0.3, 0.4) is 0 Å². The van der Waals surface area contributed by atoms with Gasteiger partial charge in [-0.15, -0.1) is 21.5 Å². The molecule has 3 heterocycles. The summed E-state index contributed by atoms with van der Waals surface area (Å²) >= 11 is 1.38.